The van der Waals surface area contributed by atoms with E-state index in [4.69, 9.17) is 0 Å². The zero-order valence-corrected chi connectivity index (χ0v) is 12.2. The molecule has 0 unspecified atom stereocenters. The Morgan fingerprint density at radius 3 is 2.53 bits per heavy atom. The van der Waals surface area contributed by atoms with E-state index in [1.807, 2.05) is 11.6 Å². The second-order valence-corrected chi connectivity index (χ2v) is 6.82. The molecule has 1 N–H and O–H groups in total. The van der Waals surface area contributed by atoms with Crippen LogP contribution < -0.4 is 4.90 Å². The van der Waals surface area contributed by atoms with Gasteiger partial charge in [-0.3, -0.25) is 4.90 Å². The number of piperazine rings is 1. The van der Waals surface area contributed by atoms with Crippen molar-refractivity contribution in [2.75, 3.05) is 44.2 Å². The summed E-state index contributed by atoms with van der Waals surface area (Å²) in [4.78, 5) is 9.29. The Hall–Kier alpha value is -0.650. The van der Waals surface area contributed by atoms with E-state index in [0.717, 1.165) is 37.9 Å². The first kappa shape index (κ1) is 13.3. The summed E-state index contributed by atoms with van der Waals surface area (Å²) in [6, 6.07) is 0. The van der Waals surface area contributed by atoms with Crippen LogP contribution in [0.5, 0.6) is 0 Å². The number of anilines is 1. The molecule has 1 saturated heterocycles. The van der Waals surface area contributed by atoms with Gasteiger partial charge in [-0.15, -0.1) is 11.3 Å². The maximum Gasteiger partial charge on any atom is 0.185 e. The average Bonchev–Trinajstić information content (AvgIpc) is 3.11. The molecule has 0 aromatic carbocycles. The van der Waals surface area contributed by atoms with E-state index in [1.54, 1.807) is 11.3 Å². The van der Waals surface area contributed by atoms with Crippen molar-refractivity contribution in [3.63, 3.8) is 0 Å². The lowest BCUT2D eigenvalue weighted by molar-refractivity contribution is 0.0757. The molecule has 2 aliphatic rings. The summed E-state index contributed by atoms with van der Waals surface area (Å²) in [5, 5.41) is 12.9. The van der Waals surface area contributed by atoms with E-state index in [2.05, 4.69) is 14.8 Å². The van der Waals surface area contributed by atoms with Crippen LogP contribution in [0, 0.1) is 5.41 Å². The topological polar surface area (TPSA) is 39.6 Å². The number of thiazole rings is 1. The molecule has 19 heavy (non-hydrogen) atoms. The van der Waals surface area contributed by atoms with Gasteiger partial charge in [-0.1, -0.05) is 12.8 Å². The van der Waals surface area contributed by atoms with Crippen molar-refractivity contribution in [2.45, 2.75) is 25.7 Å². The van der Waals surface area contributed by atoms with Crippen LogP contribution in [-0.2, 0) is 0 Å². The zero-order valence-electron chi connectivity index (χ0n) is 11.4. The van der Waals surface area contributed by atoms with Crippen molar-refractivity contribution < 1.29 is 5.11 Å². The number of aliphatic hydroxyl groups excluding tert-OH is 1. The van der Waals surface area contributed by atoms with Crippen molar-refractivity contribution in [3.05, 3.63) is 11.6 Å². The highest BCUT2D eigenvalue weighted by atomic mass is 32.1. The lowest BCUT2D eigenvalue weighted by Gasteiger charge is -2.39. The van der Waals surface area contributed by atoms with Crippen LogP contribution in [0.3, 0.4) is 0 Å². The predicted octanol–water partition coefficient (Wildman–Crippen LogP) is 1.82. The average molecular weight is 281 g/mol. The predicted molar refractivity (Wildman–Crippen MR) is 78.8 cm³/mol. The molecule has 1 aromatic rings. The lowest BCUT2D eigenvalue weighted by Crippen LogP contribution is -2.50. The van der Waals surface area contributed by atoms with Gasteiger partial charge in [0.25, 0.3) is 0 Å². The van der Waals surface area contributed by atoms with Crippen LogP contribution in [0.15, 0.2) is 11.6 Å². The zero-order chi connectivity index (χ0) is 13.1. The SMILES string of the molecule is OCC1(CN2CCN(c3nccs3)CC2)CCCC1. The molecule has 2 fully saturated rings. The van der Waals surface area contributed by atoms with Crippen LogP contribution >= 0.6 is 11.3 Å². The van der Waals surface area contributed by atoms with Crippen LogP contribution in [0.4, 0.5) is 5.13 Å². The number of aliphatic hydroxyl groups is 1. The molecule has 0 atom stereocenters. The molecule has 0 spiro atoms. The molecule has 1 aliphatic heterocycles. The van der Waals surface area contributed by atoms with Crippen molar-refractivity contribution in [3.8, 4) is 0 Å². The Morgan fingerprint density at radius 1 is 1.21 bits per heavy atom. The first-order valence-electron chi connectivity index (χ1n) is 7.29. The van der Waals surface area contributed by atoms with Crippen molar-refractivity contribution >= 4 is 16.5 Å². The molecular weight excluding hydrogens is 258 g/mol. The third kappa shape index (κ3) is 2.93. The van der Waals surface area contributed by atoms with E-state index >= 15 is 0 Å². The van der Waals surface area contributed by atoms with Gasteiger partial charge in [-0.2, -0.15) is 0 Å². The number of nitrogens with zero attached hydrogens (tertiary/aromatic N) is 3. The Morgan fingerprint density at radius 2 is 1.95 bits per heavy atom. The highest BCUT2D eigenvalue weighted by molar-refractivity contribution is 7.13. The molecule has 1 aliphatic carbocycles. The Labute approximate surface area is 119 Å². The first-order valence-corrected chi connectivity index (χ1v) is 8.17. The first-order chi connectivity index (χ1) is 9.31. The van der Waals surface area contributed by atoms with E-state index in [0.29, 0.717) is 6.61 Å². The summed E-state index contributed by atoms with van der Waals surface area (Å²) in [7, 11) is 0. The summed E-state index contributed by atoms with van der Waals surface area (Å²) >= 11 is 1.72. The van der Waals surface area contributed by atoms with E-state index in [9.17, 15) is 5.11 Å². The van der Waals surface area contributed by atoms with Crippen LogP contribution in [-0.4, -0.2) is 54.3 Å². The number of aromatic nitrogens is 1. The van der Waals surface area contributed by atoms with E-state index < -0.39 is 0 Å². The van der Waals surface area contributed by atoms with Gasteiger partial charge in [0.05, 0.1) is 0 Å². The minimum Gasteiger partial charge on any atom is -0.396 e. The van der Waals surface area contributed by atoms with Gasteiger partial charge < -0.3 is 10.0 Å². The summed E-state index contributed by atoms with van der Waals surface area (Å²) in [6.45, 7) is 5.77. The van der Waals surface area contributed by atoms with E-state index in [1.165, 1.54) is 25.7 Å². The fraction of sp³-hybridized carbons (Fsp3) is 0.786. The molecule has 106 valence electrons. The smallest absolute Gasteiger partial charge is 0.185 e. The summed E-state index contributed by atoms with van der Waals surface area (Å²) < 4.78 is 0. The monoisotopic (exact) mass is 281 g/mol. The molecule has 0 amide bonds. The van der Waals surface area contributed by atoms with Gasteiger partial charge in [-0.05, 0) is 12.8 Å². The van der Waals surface area contributed by atoms with Crippen molar-refractivity contribution in [2.24, 2.45) is 5.41 Å². The van der Waals surface area contributed by atoms with Gasteiger partial charge in [0.15, 0.2) is 5.13 Å². The second kappa shape index (κ2) is 5.77. The Kier molecular flexibility index (Phi) is 4.05. The van der Waals surface area contributed by atoms with Crippen molar-refractivity contribution in [1.82, 2.24) is 9.88 Å². The second-order valence-electron chi connectivity index (χ2n) is 5.94. The van der Waals surface area contributed by atoms with Gasteiger partial charge in [0.2, 0.25) is 0 Å². The molecule has 0 radical (unpaired) electrons. The quantitative estimate of drug-likeness (QED) is 0.914. The summed E-state index contributed by atoms with van der Waals surface area (Å²) in [5.74, 6) is 0. The van der Waals surface area contributed by atoms with Gasteiger partial charge >= 0.3 is 0 Å². The van der Waals surface area contributed by atoms with Crippen molar-refractivity contribution in [1.29, 1.82) is 0 Å². The lowest BCUT2D eigenvalue weighted by atomic mass is 9.86. The minimum absolute atomic E-state index is 0.198. The molecule has 3 rings (SSSR count). The molecule has 2 heterocycles. The minimum atomic E-state index is 0.198. The fourth-order valence-corrected chi connectivity index (χ4v) is 4.13. The largest absolute Gasteiger partial charge is 0.396 e. The molecule has 0 bridgehead atoms. The molecule has 5 heteroatoms. The molecular formula is C14H23N3OS. The highest BCUT2D eigenvalue weighted by Gasteiger charge is 2.35. The third-order valence-corrected chi connectivity index (χ3v) is 5.45. The maximum absolute atomic E-state index is 9.70. The van der Waals surface area contributed by atoms with Crippen LogP contribution in [0.1, 0.15) is 25.7 Å². The summed E-state index contributed by atoms with van der Waals surface area (Å²) in [5.41, 5.74) is 0.198. The van der Waals surface area contributed by atoms with Crippen LogP contribution in [0.25, 0.3) is 0 Å². The van der Waals surface area contributed by atoms with Crippen LogP contribution in [0.2, 0.25) is 0 Å². The summed E-state index contributed by atoms with van der Waals surface area (Å²) in [6.07, 6.45) is 6.87. The third-order valence-electron chi connectivity index (χ3n) is 4.62. The normalized spacial score (nSPS) is 23.9. The maximum atomic E-state index is 9.70. The van der Waals surface area contributed by atoms with Gasteiger partial charge in [0, 0.05) is 56.3 Å². The number of hydrogen-bond donors (Lipinski definition) is 1. The van der Waals surface area contributed by atoms with Gasteiger partial charge in [0.1, 0.15) is 0 Å². The standard InChI is InChI=1S/C14H23N3OS/c18-12-14(3-1-2-4-14)11-16-6-8-17(9-7-16)13-15-5-10-19-13/h5,10,18H,1-4,6-9,11-12H2. The van der Waals surface area contributed by atoms with Gasteiger partial charge in [-0.25, -0.2) is 4.98 Å². The number of rotatable bonds is 4. The highest BCUT2D eigenvalue weighted by Crippen LogP contribution is 2.38. The van der Waals surface area contributed by atoms with E-state index in [-0.39, 0.29) is 5.41 Å². The Balaban J connectivity index is 1.53. The Bertz CT molecular complexity index is 381. The molecule has 4 nitrogen and oxygen atoms in total. The molecule has 1 aromatic heterocycles. The molecule has 1 saturated carbocycles. The number of hydrogen-bond acceptors (Lipinski definition) is 5. The fourth-order valence-electron chi connectivity index (χ4n) is 3.43.